The van der Waals surface area contributed by atoms with Crippen LogP contribution in [0.4, 0.5) is 4.79 Å². The SMILES string of the molecule is C1CCC([NH2+]C2CCCCC2)CC1.C=CCCCCCC(NC(=O)OCCCC)C(=O)[O-]. The number of carbonyl (C=O) groups is 2. The third kappa shape index (κ3) is 14.5. The number of nitrogens with two attached hydrogens (primary N) is 1. The first kappa shape index (κ1) is 28.5. The van der Waals surface area contributed by atoms with Crippen LogP contribution in [0.25, 0.3) is 0 Å². The van der Waals surface area contributed by atoms with E-state index in [9.17, 15) is 14.7 Å². The molecule has 0 aromatic carbocycles. The first-order chi connectivity index (χ1) is 15.6. The van der Waals surface area contributed by atoms with Crippen LogP contribution in [0.2, 0.25) is 0 Å². The number of amides is 1. The van der Waals surface area contributed by atoms with Crippen LogP contribution in [0.1, 0.15) is 116 Å². The highest BCUT2D eigenvalue weighted by Gasteiger charge is 2.22. The normalized spacial score (nSPS) is 18.2. The maximum atomic E-state index is 11.3. The summed E-state index contributed by atoms with van der Waals surface area (Å²) in [6.45, 7) is 5.91. The lowest BCUT2D eigenvalue weighted by Gasteiger charge is -2.27. The van der Waals surface area contributed by atoms with Crippen LogP contribution in [0.5, 0.6) is 0 Å². The number of quaternary nitrogens is 1. The molecule has 0 aromatic rings. The quantitative estimate of drug-likeness (QED) is 0.326. The number of alkyl carbamates (subject to hydrolysis) is 1. The van der Waals surface area contributed by atoms with Gasteiger partial charge in [-0.2, -0.15) is 0 Å². The number of carbonyl (C=O) groups excluding carboxylic acids is 2. The monoisotopic (exact) mass is 452 g/mol. The van der Waals surface area contributed by atoms with Crippen LogP contribution in [-0.2, 0) is 9.53 Å². The molecule has 2 aliphatic carbocycles. The van der Waals surface area contributed by atoms with E-state index in [1.54, 1.807) is 0 Å². The van der Waals surface area contributed by atoms with Crippen LogP contribution < -0.4 is 15.7 Å². The molecule has 186 valence electrons. The Bertz CT molecular complexity index is 484. The molecule has 3 N–H and O–H groups in total. The fourth-order valence-electron chi connectivity index (χ4n) is 4.59. The molecule has 2 saturated carbocycles. The minimum absolute atomic E-state index is 0.307. The Kier molecular flexibility index (Phi) is 16.9. The molecule has 6 heteroatoms. The number of hydrogen-bond acceptors (Lipinski definition) is 4. The average molecular weight is 453 g/mol. The highest BCUT2D eigenvalue weighted by atomic mass is 16.5. The molecule has 0 radical (unpaired) electrons. The smallest absolute Gasteiger partial charge is 0.407 e. The molecule has 2 rings (SSSR count). The molecule has 0 heterocycles. The van der Waals surface area contributed by atoms with Gasteiger partial charge >= 0.3 is 6.09 Å². The van der Waals surface area contributed by atoms with Crippen molar-refractivity contribution in [2.75, 3.05) is 6.61 Å². The topological polar surface area (TPSA) is 95.1 Å². The van der Waals surface area contributed by atoms with Gasteiger partial charge in [-0.1, -0.05) is 45.1 Å². The summed E-state index contributed by atoms with van der Waals surface area (Å²) in [7, 11) is 0. The van der Waals surface area contributed by atoms with E-state index in [0.717, 1.165) is 50.6 Å². The molecule has 1 unspecified atom stereocenters. The zero-order chi connectivity index (χ0) is 23.4. The van der Waals surface area contributed by atoms with E-state index in [1.165, 1.54) is 64.2 Å². The van der Waals surface area contributed by atoms with Crippen molar-refractivity contribution in [3.05, 3.63) is 12.7 Å². The molecule has 6 nitrogen and oxygen atoms in total. The number of allylic oxidation sites excluding steroid dienone is 1. The van der Waals surface area contributed by atoms with E-state index >= 15 is 0 Å². The predicted molar refractivity (Wildman–Crippen MR) is 127 cm³/mol. The van der Waals surface area contributed by atoms with Crippen molar-refractivity contribution >= 4 is 12.1 Å². The molecule has 0 aromatic heterocycles. The molecule has 2 aliphatic rings. The number of carboxylic acids is 1. The number of ether oxygens (including phenoxy) is 1. The lowest BCUT2D eigenvalue weighted by molar-refractivity contribution is -0.725. The lowest BCUT2D eigenvalue weighted by Crippen LogP contribution is -2.95. The number of carboxylic acid groups (broad SMARTS) is 1. The van der Waals surface area contributed by atoms with E-state index in [0.29, 0.717) is 13.0 Å². The van der Waals surface area contributed by atoms with Gasteiger partial charge in [0.15, 0.2) is 0 Å². The zero-order valence-corrected chi connectivity index (χ0v) is 20.5. The van der Waals surface area contributed by atoms with Gasteiger partial charge in [0.2, 0.25) is 0 Å². The van der Waals surface area contributed by atoms with Gasteiger partial charge in [0.25, 0.3) is 0 Å². The van der Waals surface area contributed by atoms with E-state index in [-0.39, 0.29) is 0 Å². The Labute approximate surface area is 195 Å². The highest BCUT2D eigenvalue weighted by molar-refractivity contribution is 5.78. The summed E-state index contributed by atoms with van der Waals surface area (Å²) in [5.74, 6) is -1.27. The van der Waals surface area contributed by atoms with Gasteiger partial charge in [-0.05, 0) is 77.0 Å². The number of hydrogen-bond donors (Lipinski definition) is 2. The van der Waals surface area contributed by atoms with Crippen molar-refractivity contribution in [1.82, 2.24) is 5.32 Å². The molecule has 0 aliphatic heterocycles. The van der Waals surface area contributed by atoms with Crippen molar-refractivity contribution < 1.29 is 24.7 Å². The van der Waals surface area contributed by atoms with Gasteiger partial charge in [-0.3, -0.25) is 0 Å². The van der Waals surface area contributed by atoms with Gasteiger partial charge in [0.1, 0.15) is 0 Å². The molecular formula is C26H48N2O4. The van der Waals surface area contributed by atoms with Crippen molar-refractivity contribution in [3.8, 4) is 0 Å². The van der Waals surface area contributed by atoms with Gasteiger partial charge < -0.3 is 25.3 Å². The summed E-state index contributed by atoms with van der Waals surface area (Å²) in [4.78, 5) is 22.2. The van der Waals surface area contributed by atoms with Crippen LogP contribution in [-0.4, -0.2) is 36.8 Å². The molecule has 0 spiro atoms. The second-order valence-electron chi connectivity index (χ2n) is 9.42. The maximum absolute atomic E-state index is 11.3. The van der Waals surface area contributed by atoms with Crippen LogP contribution >= 0.6 is 0 Å². The Hall–Kier alpha value is -1.56. The summed E-state index contributed by atoms with van der Waals surface area (Å²) >= 11 is 0. The van der Waals surface area contributed by atoms with E-state index < -0.39 is 18.1 Å². The highest BCUT2D eigenvalue weighted by Crippen LogP contribution is 2.18. The second kappa shape index (κ2) is 19.0. The minimum Gasteiger partial charge on any atom is -0.548 e. The van der Waals surface area contributed by atoms with Crippen molar-refractivity contribution in [2.24, 2.45) is 0 Å². The Morgan fingerprint density at radius 1 is 1.00 bits per heavy atom. The molecule has 0 saturated heterocycles. The zero-order valence-electron chi connectivity index (χ0n) is 20.5. The van der Waals surface area contributed by atoms with Gasteiger partial charge in [-0.15, -0.1) is 6.58 Å². The van der Waals surface area contributed by atoms with E-state index in [4.69, 9.17) is 4.74 Å². The van der Waals surface area contributed by atoms with Crippen molar-refractivity contribution in [3.63, 3.8) is 0 Å². The predicted octanol–water partition coefficient (Wildman–Crippen LogP) is 3.98. The second-order valence-corrected chi connectivity index (χ2v) is 9.42. The van der Waals surface area contributed by atoms with Gasteiger partial charge in [0, 0.05) is 0 Å². The number of aliphatic carboxylic acids is 1. The first-order valence-electron chi connectivity index (χ1n) is 13.2. The van der Waals surface area contributed by atoms with Crippen LogP contribution in [0.3, 0.4) is 0 Å². The number of nitrogens with one attached hydrogen (secondary N) is 1. The molecule has 1 amide bonds. The summed E-state index contributed by atoms with van der Waals surface area (Å²) in [5, 5.41) is 15.9. The van der Waals surface area contributed by atoms with Gasteiger partial charge in [-0.25, -0.2) is 4.79 Å². The van der Waals surface area contributed by atoms with Crippen LogP contribution in [0, 0.1) is 0 Å². The Morgan fingerprint density at radius 2 is 1.59 bits per heavy atom. The van der Waals surface area contributed by atoms with E-state index in [1.807, 2.05) is 13.0 Å². The Morgan fingerprint density at radius 3 is 2.09 bits per heavy atom. The molecule has 32 heavy (non-hydrogen) atoms. The van der Waals surface area contributed by atoms with Crippen LogP contribution in [0.15, 0.2) is 12.7 Å². The summed E-state index contributed by atoms with van der Waals surface area (Å²) < 4.78 is 4.85. The lowest BCUT2D eigenvalue weighted by atomic mass is 9.91. The van der Waals surface area contributed by atoms with Crippen molar-refractivity contribution in [2.45, 2.75) is 134 Å². The Balaban J connectivity index is 0.000000339. The molecule has 2 fully saturated rings. The summed E-state index contributed by atoms with van der Waals surface area (Å²) in [6, 6.07) is 1.02. The number of unbranched alkanes of at least 4 members (excludes halogenated alkanes) is 4. The third-order valence-corrected chi connectivity index (χ3v) is 6.55. The molecule has 0 bridgehead atoms. The van der Waals surface area contributed by atoms with E-state index in [2.05, 4.69) is 17.2 Å². The standard InChI is InChI=1S/C14H25NO4.C12H23N/c1-3-5-7-8-9-10-12(13(16)17)15-14(18)19-11-6-4-2;1-3-7-11(8-4-1)13-12-9-5-2-6-10-12/h3,12H,1,4-11H2,2H3,(H,15,18)(H,16,17);11-13H,1-10H2. The van der Waals surface area contributed by atoms with Crippen molar-refractivity contribution in [1.29, 1.82) is 0 Å². The number of rotatable bonds is 13. The summed E-state index contributed by atoms with van der Waals surface area (Å²) in [5.41, 5.74) is 0. The third-order valence-electron chi connectivity index (χ3n) is 6.55. The first-order valence-corrected chi connectivity index (χ1v) is 13.2. The fraction of sp³-hybridized carbons (Fsp3) is 0.846. The summed E-state index contributed by atoms with van der Waals surface area (Å²) in [6.07, 6.45) is 21.7. The fourth-order valence-corrected chi connectivity index (χ4v) is 4.59. The minimum atomic E-state index is -1.27. The average Bonchev–Trinajstić information content (AvgIpc) is 2.80. The maximum Gasteiger partial charge on any atom is 0.407 e. The largest absolute Gasteiger partial charge is 0.548 e. The van der Waals surface area contributed by atoms with Gasteiger partial charge in [0.05, 0.1) is 30.7 Å². The molecule has 1 atom stereocenters. The molecular weight excluding hydrogens is 404 g/mol.